The van der Waals surface area contributed by atoms with Crippen molar-refractivity contribution in [2.45, 2.75) is 0 Å². The molecule has 0 fully saturated rings. The highest BCUT2D eigenvalue weighted by Crippen LogP contribution is 2.26. The molecule has 0 spiro atoms. The molecule has 4 nitrogen and oxygen atoms in total. The highest BCUT2D eigenvalue weighted by atomic mass is 35.5. The maximum atomic E-state index is 11.2. The van der Waals surface area contributed by atoms with Crippen molar-refractivity contribution in [3.8, 4) is 0 Å². The Morgan fingerprint density at radius 2 is 2.23 bits per heavy atom. The lowest BCUT2D eigenvalue weighted by Crippen LogP contribution is -2.15. The third-order valence-electron chi connectivity index (χ3n) is 1.83. The SMILES string of the molecule is NN=C1C(=O)Nc2ccc(Cl)cc21. The lowest BCUT2D eigenvalue weighted by molar-refractivity contribution is -0.110. The molecular weight excluding hydrogens is 190 g/mol. The molecule has 1 heterocycles. The summed E-state index contributed by atoms with van der Waals surface area (Å²) in [5.41, 5.74) is 1.57. The van der Waals surface area contributed by atoms with Crippen LogP contribution in [0.25, 0.3) is 0 Å². The molecule has 0 saturated heterocycles. The molecule has 0 bridgehead atoms. The van der Waals surface area contributed by atoms with Crippen LogP contribution < -0.4 is 11.2 Å². The Bertz CT molecular complexity index is 414. The predicted molar refractivity (Wildman–Crippen MR) is 50.8 cm³/mol. The summed E-state index contributed by atoms with van der Waals surface area (Å²) >= 11 is 5.76. The molecule has 1 aromatic rings. The van der Waals surface area contributed by atoms with E-state index in [1.165, 1.54) is 0 Å². The molecule has 1 aliphatic heterocycles. The fourth-order valence-corrected chi connectivity index (χ4v) is 1.43. The molecular formula is C8H6ClN3O. The molecule has 0 atom stereocenters. The number of hydrogen-bond donors (Lipinski definition) is 2. The van der Waals surface area contributed by atoms with Crippen molar-refractivity contribution < 1.29 is 4.79 Å². The Labute approximate surface area is 79.4 Å². The highest BCUT2D eigenvalue weighted by Gasteiger charge is 2.25. The van der Waals surface area contributed by atoms with E-state index in [2.05, 4.69) is 10.4 Å². The van der Waals surface area contributed by atoms with Gasteiger partial charge >= 0.3 is 0 Å². The van der Waals surface area contributed by atoms with E-state index >= 15 is 0 Å². The van der Waals surface area contributed by atoms with E-state index in [1.807, 2.05) is 0 Å². The van der Waals surface area contributed by atoms with Crippen molar-refractivity contribution in [2.75, 3.05) is 5.32 Å². The monoisotopic (exact) mass is 195 g/mol. The smallest absolute Gasteiger partial charge is 0.276 e. The number of rotatable bonds is 0. The van der Waals surface area contributed by atoms with Crippen LogP contribution in [0.2, 0.25) is 5.02 Å². The average Bonchev–Trinajstić information content (AvgIpc) is 2.40. The molecule has 0 aliphatic carbocycles. The van der Waals surface area contributed by atoms with Gasteiger partial charge in [0.15, 0.2) is 5.71 Å². The first-order valence-electron chi connectivity index (χ1n) is 3.61. The Morgan fingerprint density at radius 1 is 1.46 bits per heavy atom. The third-order valence-corrected chi connectivity index (χ3v) is 2.06. The zero-order valence-corrected chi connectivity index (χ0v) is 7.30. The van der Waals surface area contributed by atoms with Gasteiger partial charge in [0.2, 0.25) is 0 Å². The van der Waals surface area contributed by atoms with Crippen molar-refractivity contribution in [1.29, 1.82) is 0 Å². The quantitative estimate of drug-likeness (QED) is 0.478. The van der Waals surface area contributed by atoms with Crippen LogP contribution in [0.3, 0.4) is 0 Å². The second-order valence-electron chi connectivity index (χ2n) is 2.62. The Hall–Kier alpha value is -1.55. The lowest BCUT2D eigenvalue weighted by atomic mass is 10.1. The van der Waals surface area contributed by atoms with Crippen molar-refractivity contribution in [3.05, 3.63) is 28.8 Å². The molecule has 5 heteroatoms. The van der Waals surface area contributed by atoms with Crippen LogP contribution in [0, 0.1) is 0 Å². The molecule has 0 radical (unpaired) electrons. The number of anilines is 1. The minimum atomic E-state index is -0.292. The van der Waals surface area contributed by atoms with E-state index in [0.717, 1.165) is 0 Å². The van der Waals surface area contributed by atoms with Gasteiger partial charge in [-0.1, -0.05) is 11.6 Å². The van der Waals surface area contributed by atoms with Crippen LogP contribution in [0.5, 0.6) is 0 Å². The Kier molecular flexibility index (Phi) is 1.70. The molecule has 0 unspecified atom stereocenters. The second-order valence-corrected chi connectivity index (χ2v) is 3.06. The van der Waals surface area contributed by atoms with Gasteiger partial charge in [-0.15, -0.1) is 0 Å². The fraction of sp³-hybridized carbons (Fsp3) is 0. The summed E-state index contributed by atoms with van der Waals surface area (Å²) in [6, 6.07) is 5.06. The van der Waals surface area contributed by atoms with Gasteiger partial charge in [-0.05, 0) is 18.2 Å². The molecule has 2 rings (SSSR count). The number of carbonyl (C=O) groups excluding carboxylic acids is 1. The number of benzene rings is 1. The summed E-state index contributed by atoms with van der Waals surface area (Å²) < 4.78 is 0. The van der Waals surface area contributed by atoms with Gasteiger partial charge in [0.1, 0.15) is 0 Å². The fourth-order valence-electron chi connectivity index (χ4n) is 1.25. The number of carbonyl (C=O) groups is 1. The Morgan fingerprint density at radius 3 is 2.92 bits per heavy atom. The zero-order valence-electron chi connectivity index (χ0n) is 6.54. The summed E-state index contributed by atoms with van der Waals surface area (Å²) in [5, 5.41) is 6.57. The van der Waals surface area contributed by atoms with Crippen LogP contribution in [0.1, 0.15) is 5.56 Å². The number of nitrogens with two attached hydrogens (primary N) is 1. The Balaban J connectivity index is 2.63. The molecule has 13 heavy (non-hydrogen) atoms. The number of hydrogen-bond acceptors (Lipinski definition) is 3. The second kappa shape index (κ2) is 2.74. The summed E-state index contributed by atoms with van der Waals surface area (Å²) in [4.78, 5) is 11.2. The number of nitrogens with zero attached hydrogens (tertiary/aromatic N) is 1. The highest BCUT2D eigenvalue weighted by molar-refractivity contribution is 6.54. The van der Waals surface area contributed by atoms with E-state index in [1.54, 1.807) is 18.2 Å². The summed E-state index contributed by atoms with van der Waals surface area (Å²) in [6.07, 6.45) is 0. The topological polar surface area (TPSA) is 67.5 Å². The first-order chi connectivity index (χ1) is 6.22. The van der Waals surface area contributed by atoms with E-state index in [0.29, 0.717) is 16.3 Å². The maximum absolute atomic E-state index is 11.2. The predicted octanol–water partition coefficient (Wildman–Crippen LogP) is 0.955. The standard InChI is InChI=1S/C8H6ClN3O/c9-4-1-2-6-5(3-4)7(12-10)8(13)11-6/h1-3H,10H2,(H,11,12,13). The van der Waals surface area contributed by atoms with E-state index in [4.69, 9.17) is 17.4 Å². The van der Waals surface area contributed by atoms with Crippen LogP contribution in [0.15, 0.2) is 23.3 Å². The summed E-state index contributed by atoms with van der Waals surface area (Å²) in [6.45, 7) is 0. The van der Waals surface area contributed by atoms with Crippen molar-refractivity contribution >= 4 is 28.9 Å². The molecule has 3 N–H and O–H groups in total. The van der Waals surface area contributed by atoms with Crippen molar-refractivity contribution in [1.82, 2.24) is 0 Å². The van der Waals surface area contributed by atoms with Crippen LogP contribution in [-0.4, -0.2) is 11.6 Å². The van der Waals surface area contributed by atoms with Gasteiger partial charge in [0, 0.05) is 10.6 Å². The van der Waals surface area contributed by atoms with Gasteiger partial charge in [0.25, 0.3) is 5.91 Å². The van der Waals surface area contributed by atoms with E-state index < -0.39 is 0 Å². The minimum Gasteiger partial charge on any atom is -0.322 e. The van der Waals surface area contributed by atoms with Crippen molar-refractivity contribution in [2.24, 2.45) is 10.9 Å². The number of hydrazone groups is 1. The van der Waals surface area contributed by atoms with E-state index in [-0.39, 0.29) is 11.6 Å². The zero-order chi connectivity index (χ0) is 9.42. The number of halogens is 1. The average molecular weight is 196 g/mol. The van der Waals surface area contributed by atoms with Gasteiger partial charge in [-0.25, -0.2) is 0 Å². The molecule has 0 aromatic heterocycles. The largest absolute Gasteiger partial charge is 0.322 e. The number of fused-ring (bicyclic) bond motifs is 1. The van der Waals surface area contributed by atoms with Crippen LogP contribution in [-0.2, 0) is 4.79 Å². The number of nitrogens with one attached hydrogen (secondary N) is 1. The summed E-state index contributed by atoms with van der Waals surface area (Å²) in [7, 11) is 0. The van der Waals surface area contributed by atoms with Gasteiger partial charge in [-0.3, -0.25) is 4.79 Å². The van der Waals surface area contributed by atoms with Crippen LogP contribution >= 0.6 is 11.6 Å². The van der Waals surface area contributed by atoms with Gasteiger partial charge in [0.05, 0.1) is 5.69 Å². The molecule has 66 valence electrons. The molecule has 1 aliphatic rings. The minimum absolute atomic E-state index is 0.220. The van der Waals surface area contributed by atoms with Gasteiger partial charge < -0.3 is 11.2 Å². The third kappa shape index (κ3) is 1.15. The number of amides is 1. The normalized spacial score (nSPS) is 17.3. The maximum Gasteiger partial charge on any atom is 0.276 e. The van der Waals surface area contributed by atoms with Crippen molar-refractivity contribution in [3.63, 3.8) is 0 Å². The lowest BCUT2D eigenvalue weighted by Gasteiger charge is -1.96. The van der Waals surface area contributed by atoms with Crippen LogP contribution in [0.4, 0.5) is 5.69 Å². The summed E-state index contributed by atoms with van der Waals surface area (Å²) in [5.74, 6) is 4.78. The first-order valence-corrected chi connectivity index (χ1v) is 3.99. The van der Waals surface area contributed by atoms with Gasteiger partial charge in [-0.2, -0.15) is 5.10 Å². The molecule has 1 amide bonds. The van der Waals surface area contributed by atoms with E-state index in [9.17, 15) is 4.79 Å². The molecule has 0 saturated carbocycles. The molecule has 1 aromatic carbocycles. The first kappa shape index (κ1) is 8.07.